The van der Waals surface area contributed by atoms with Crippen molar-refractivity contribution in [3.05, 3.63) is 72.6 Å². The van der Waals surface area contributed by atoms with Crippen LogP contribution in [0.4, 0.5) is 5.82 Å². The second kappa shape index (κ2) is 13.0. The minimum absolute atomic E-state index is 0.110. The van der Waals surface area contributed by atoms with Gasteiger partial charge in [0.25, 0.3) is 0 Å². The summed E-state index contributed by atoms with van der Waals surface area (Å²) >= 11 is -0.909. The highest BCUT2D eigenvalue weighted by Crippen LogP contribution is 2.29. The minimum Gasteiger partial charge on any atom is -0.616 e. The van der Waals surface area contributed by atoms with E-state index < -0.39 is 11.2 Å². The van der Waals surface area contributed by atoms with Crippen molar-refractivity contribution in [3.8, 4) is 34.5 Å². The monoisotopic (exact) mass is 610 g/mol. The summed E-state index contributed by atoms with van der Waals surface area (Å²) in [6, 6.07) is 10.2. The van der Waals surface area contributed by atoms with Gasteiger partial charge in [-0.2, -0.15) is 15.5 Å². The third-order valence-electron chi connectivity index (χ3n) is 7.72. The predicted octanol–water partition coefficient (Wildman–Crippen LogP) is 3.41. The number of rotatable bonds is 10. The molecule has 13 heteroatoms. The van der Waals surface area contributed by atoms with Gasteiger partial charge in [0.05, 0.1) is 43.6 Å². The summed E-state index contributed by atoms with van der Waals surface area (Å²) in [7, 11) is 1.62. The van der Waals surface area contributed by atoms with E-state index in [0.717, 1.165) is 55.2 Å². The molecule has 226 valence electrons. The highest BCUT2D eigenvalue weighted by molar-refractivity contribution is 7.91. The van der Waals surface area contributed by atoms with Crippen molar-refractivity contribution in [2.24, 2.45) is 0 Å². The highest BCUT2D eigenvalue weighted by Gasteiger charge is 2.20. The maximum Gasteiger partial charge on any atom is 0.212 e. The van der Waals surface area contributed by atoms with Crippen LogP contribution in [0.25, 0.3) is 28.0 Å². The summed E-state index contributed by atoms with van der Waals surface area (Å²) in [6.07, 6.45) is 10.7. The van der Waals surface area contributed by atoms with Crippen LogP contribution in [-0.4, -0.2) is 88.1 Å². The molecule has 1 unspecified atom stereocenters. The summed E-state index contributed by atoms with van der Waals surface area (Å²) in [5.41, 5.74) is 5.14. The predicted molar refractivity (Wildman–Crippen MR) is 169 cm³/mol. The van der Waals surface area contributed by atoms with Crippen LogP contribution < -0.4 is 9.64 Å². The van der Waals surface area contributed by atoms with Crippen molar-refractivity contribution in [2.45, 2.75) is 32.2 Å². The summed E-state index contributed by atoms with van der Waals surface area (Å²) in [6.45, 7) is 8.88. The fourth-order valence-electron chi connectivity index (χ4n) is 5.21. The number of nitrogens with zero attached hydrogens (tertiary/aromatic N) is 10. The molecule has 6 heterocycles. The van der Waals surface area contributed by atoms with Crippen molar-refractivity contribution >= 4 is 22.5 Å². The molecule has 0 amide bonds. The third-order valence-corrected chi connectivity index (χ3v) is 9.36. The van der Waals surface area contributed by atoms with Crippen LogP contribution in [0.1, 0.15) is 25.0 Å². The molecule has 1 fully saturated rings. The zero-order valence-electron chi connectivity index (χ0n) is 25.0. The summed E-state index contributed by atoms with van der Waals surface area (Å²) < 4.78 is 20.8. The van der Waals surface area contributed by atoms with Crippen molar-refractivity contribution < 1.29 is 9.29 Å². The molecule has 0 bridgehead atoms. The van der Waals surface area contributed by atoms with Gasteiger partial charge in [-0.1, -0.05) is 6.07 Å². The molecule has 6 rings (SSSR count). The maximum atomic E-state index is 12.2. The first-order chi connectivity index (χ1) is 21.4. The number of nitriles is 1. The number of hydrogen-bond donors (Lipinski definition) is 0. The summed E-state index contributed by atoms with van der Waals surface area (Å²) in [5.74, 6) is 2.06. The van der Waals surface area contributed by atoms with E-state index in [0.29, 0.717) is 40.6 Å². The first-order valence-corrected chi connectivity index (χ1v) is 15.9. The minimum atomic E-state index is -0.909. The SMILES string of the molecule is COc1ccc(CN2CCN(c3ccc(-c4nc(-c5cnn(CC[S+]([O-])C(C)C)c5)cn5ncc(C#N)c45)cn3)CC2)cn1. The fraction of sp³-hybridized carbons (Fsp3) is 0.355. The Labute approximate surface area is 259 Å². The molecule has 44 heavy (non-hydrogen) atoms. The average molecular weight is 611 g/mol. The standard InChI is InChI=1S/C31H34N10O2S/c1-22(2)44(42)13-12-40-20-26(18-35-40)27-21-41-31(25(14-32)17-36-41)30(37-27)24-5-6-28(33-16-24)39-10-8-38(9-11-39)19-23-4-7-29(43-3)34-15-23/h4-7,15-18,20-22H,8-13,19H2,1-3H3. The van der Waals surface area contributed by atoms with E-state index in [-0.39, 0.29) is 5.25 Å². The number of hydrogen-bond acceptors (Lipinski definition) is 10. The average Bonchev–Trinajstić information content (AvgIpc) is 3.71. The van der Waals surface area contributed by atoms with Crippen LogP contribution in [0.5, 0.6) is 5.88 Å². The molecule has 1 aliphatic rings. The van der Waals surface area contributed by atoms with E-state index in [4.69, 9.17) is 14.7 Å². The van der Waals surface area contributed by atoms with Crippen LogP contribution in [-0.2, 0) is 24.3 Å². The fourth-order valence-corrected chi connectivity index (χ4v) is 6.04. The summed E-state index contributed by atoms with van der Waals surface area (Å²) in [5, 5.41) is 18.8. The normalized spacial score (nSPS) is 14.7. The molecule has 0 spiro atoms. The van der Waals surface area contributed by atoms with E-state index in [1.807, 2.05) is 50.6 Å². The Hall–Kier alpha value is -4.51. The molecular weight excluding hydrogens is 576 g/mol. The molecule has 0 saturated carbocycles. The van der Waals surface area contributed by atoms with Gasteiger partial charge < -0.3 is 14.2 Å². The van der Waals surface area contributed by atoms with Crippen molar-refractivity contribution in [3.63, 3.8) is 0 Å². The Morgan fingerprint density at radius 3 is 2.50 bits per heavy atom. The van der Waals surface area contributed by atoms with Gasteiger partial charge in [0.15, 0.2) is 0 Å². The number of methoxy groups -OCH3 is 1. The van der Waals surface area contributed by atoms with Gasteiger partial charge in [0, 0.05) is 68.5 Å². The lowest BCUT2D eigenvalue weighted by Crippen LogP contribution is -2.46. The van der Waals surface area contributed by atoms with Gasteiger partial charge in [-0.15, -0.1) is 0 Å². The molecule has 5 aromatic rings. The van der Waals surface area contributed by atoms with Crippen LogP contribution in [0, 0.1) is 11.3 Å². The van der Waals surface area contributed by atoms with Crippen molar-refractivity contribution in [1.82, 2.24) is 39.2 Å². The molecule has 1 aliphatic heterocycles. The number of aryl methyl sites for hydroxylation is 1. The van der Waals surface area contributed by atoms with E-state index in [1.54, 1.807) is 34.9 Å². The highest BCUT2D eigenvalue weighted by atomic mass is 32.2. The number of fused-ring (bicyclic) bond motifs is 1. The van der Waals surface area contributed by atoms with Gasteiger partial charge in [-0.25, -0.2) is 19.5 Å². The largest absolute Gasteiger partial charge is 0.616 e. The maximum absolute atomic E-state index is 12.2. The van der Waals surface area contributed by atoms with E-state index in [2.05, 4.69) is 37.1 Å². The lowest BCUT2D eigenvalue weighted by atomic mass is 10.1. The Kier molecular flexibility index (Phi) is 8.74. The zero-order chi connectivity index (χ0) is 30.6. The van der Waals surface area contributed by atoms with Crippen LogP contribution >= 0.6 is 0 Å². The second-order valence-corrected chi connectivity index (χ2v) is 13.1. The third kappa shape index (κ3) is 6.37. The number of pyridine rings is 2. The van der Waals surface area contributed by atoms with Crippen LogP contribution in [0.3, 0.4) is 0 Å². The van der Waals surface area contributed by atoms with E-state index in [1.165, 1.54) is 0 Å². The van der Waals surface area contributed by atoms with Crippen molar-refractivity contribution in [2.75, 3.05) is 43.9 Å². The van der Waals surface area contributed by atoms with Crippen molar-refractivity contribution in [1.29, 1.82) is 5.26 Å². The molecule has 0 aromatic carbocycles. The molecule has 0 aliphatic carbocycles. The quantitative estimate of drug-likeness (QED) is 0.216. The topological polar surface area (TPSA) is 136 Å². The number of anilines is 1. The van der Waals surface area contributed by atoms with Gasteiger partial charge in [-0.3, -0.25) is 9.58 Å². The molecular formula is C31H34N10O2S. The number of aromatic nitrogens is 7. The molecule has 1 saturated heterocycles. The Morgan fingerprint density at radius 1 is 0.977 bits per heavy atom. The lowest BCUT2D eigenvalue weighted by molar-refractivity contribution is 0.249. The first kappa shape index (κ1) is 29.6. The molecule has 0 radical (unpaired) electrons. The number of ether oxygens (including phenoxy) is 1. The van der Waals surface area contributed by atoms with E-state index in [9.17, 15) is 9.81 Å². The molecule has 0 N–H and O–H groups in total. The lowest BCUT2D eigenvalue weighted by Gasteiger charge is -2.35. The summed E-state index contributed by atoms with van der Waals surface area (Å²) in [4.78, 5) is 18.8. The van der Waals surface area contributed by atoms with Gasteiger partial charge in [-0.05, 0) is 42.7 Å². The van der Waals surface area contributed by atoms with E-state index >= 15 is 0 Å². The molecule has 5 aromatic heterocycles. The zero-order valence-corrected chi connectivity index (χ0v) is 25.8. The number of piperazine rings is 1. The Morgan fingerprint density at radius 2 is 1.82 bits per heavy atom. The Bertz CT molecular complexity index is 1750. The Balaban J connectivity index is 1.18. The smallest absolute Gasteiger partial charge is 0.212 e. The van der Waals surface area contributed by atoms with Crippen LogP contribution in [0.2, 0.25) is 0 Å². The molecule has 1 atom stereocenters. The first-order valence-electron chi connectivity index (χ1n) is 14.5. The van der Waals surface area contributed by atoms with Crippen LogP contribution in [0.15, 0.2) is 61.4 Å². The van der Waals surface area contributed by atoms with Gasteiger partial charge >= 0.3 is 0 Å². The van der Waals surface area contributed by atoms with Gasteiger partial charge in [0.2, 0.25) is 5.88 Å². The molecule has 12 nitrogen and oxygen atoms in total. The second-order valence-electron chi connectivity index (χ2n) is 10.9. The van der Waals surface area contributed by atoms with Gasteiger partial charge in [0.1, 0.15) is 34.0 Å².